The van der Waals surface area contributed by atoms with Gasteiger partial charge in [-0.1, -0.05) is 26.0 Å². The summed E-state index contributed by atoms with van der Waals surface area (Å²) in [4.78, 5) is 0. The molecule has 2 unspecified atom stereocenters. The average molecular weight is 289 g/mol. The van der Waals surface area contributed by atoms with Gasteiger partial charge in [0.05, 0.1) is 25.5 Å². The van der Waals surface area contributed by atoms with Crippen LogP contribution in [-0.2, 0) is 6.61 Å². The third-order valence-corrected chi connectivity index (χ3v) is 4.88. The van der Waals surface area contributed by atoms with Gasteiger partial charge in [0.1, 0.15) is 11.3 Å². The van der Waals surface area contributed by atoms with Crippen LogP contribution in [0.3, 0.4) is 0 Å². The van der Waals surface area contributed by atoms with Gasteiger partial charge < -0.3 is 15.6 Å². The van der Waals surface area contributed by atoms with E-state index in [4.69, 9.17) is 15.6 Å². The maximum atomic E-state index is 9.80. The Morgan fingerprint density at radius 1 is 1.48 bits per heavy atom. The van der Waals surface area contributed by atoms with E-state index >= 15 is 0 Å². The molecule has 1 aliphatic carbocycles. The monoisotopic (exact) mass is 289 g/mol. The molecule has 2 atom stereocenters. The molecule has 1 fully saturated rings. The largest absolute Gasteiger partial charge is 0.494 e. The Hall–Kier alpha value is -1.59. The molecule has 114 valence electrons. The topological polar surface area (TPSA) is 73.3 Å². The predicted octanol–water partition coefficient (Wildman–Crippen LogP) is 2.23. The molecule has 0 saturated heterocycles. The van der Waals surface area contributed by atoms with Gasteiger partial charge in [-0.15, -0.1) is 0 Å². The lowest BCUT2D eigenvalue weighted by Gasteiger charge is -2.27. The molecule has 5 heteroatoms. The van der Waals surface area contributed by atoms with Crippen molar-refractivity contribution in [3.63, 3.8) is 0 Å². The maximum absolute atomic E-state index is 9.80. The standard InChI is InChI=1S/C16H23N3O2/c1-16(2)8-7-11(15(16)17)19-12(9-20)10-5-4-6-13(21-3)14(10)18-19/h4-6,11,15,20H,7-9,17H2,1-3H3. The smallest absolute Gasteiger partial charge is 0.146 e. The Labute approximate surface area is 124 Å². The molecule has 5 nitrogen and oxygen atoms in total. The lowest BCUT2D eigenvalue weighted by Crippen LogP contribution is -2.38. The van der Waals surface area contributed by atoms with Gasteiger partial charge in [0.25, 0.3) is 0 Å². The van der Waals surface area contributed by atoms with Gasteiger partial charge in [0.15, 0.2) is 0 Å². The fraction of sp³-hybridized carbons (Fsp3) is 0.562. The molecule has 1 aromatic carbocycles. The van der Waals surface area contributed by atoms with Crippen molar-refractivity contribution < 1.29 is 9.84 Å². The van der Waals surface area contributed by atoms with Gasteiger partial charge in [0.2, 0.25) is 0 Å². The number of nitrogens with zero attached hydrogens (tertiary/aromatic N) is 2. The van der Waals surface area contributed by atoms with Crippen molar-refractivity contribution in [3.05, 3.63) is 23.9 Å². The van der Waals surface area contributed by atoms with Crippen molar-refractivity contribution in [2.45, 2.75) is 45.4 Å². The number of aliphatic hydroxyl groups excluding tert-OH is 1. The molecule has 1 heterocycles. The van der Waals surface area contributed by atoms with Gasteiger partial charge in [-0.2, -0.15) is 5.10 Å². The number of nitrogens with two attached hydrogens (primary N) is 1. The number of hydrogen-bond acceptors (Lipinski definition) is 4. The van der Waals surface area contributed by atoms with Crippen LogP contribution in [0.2, 0.25) is 0 Å². The molecular formula is C16H23N3O2. The Kier molecular flexibility index (Phi) is 3.42. The summed E-state index contributed by atoms with van der Waals surface area (Å²) in [5.74, 6) is 0.728. The van der Waals surface area contributed by atoms with Crippen LogP contribution in [0.5, 0.6) is 5.75 Å². The summed E-state index contributed by atoms with van der Waals surface area (Å²) in [7, 11) is 1.64. The number of methoxy groups -OCH3 is 1. The molecule has 1 saturated carbocycles. The zero-order valence-corrected chi connectivity index (χ0v) is 12.8. The van der Waals surface area contributed by atoms with Crippen LogP contribution >= 0.6 is 0 Å². The Balaban J connectivity index is 2.15. The van der Waals surface area contributed by atoms with E-state index in [1.807, 2.05) is 22.9 Å². The zero-order chi connectivity index (χ0) is 15.2. The fourth-order valence-corrected chi connectivity index (χ4v) is 3.41. The van der Waals surface area contributed by atoms with Gasteiger partial charge in [-0.05, 0) is 24.3 Å². The molecule has 3 N–H and O–H groups in total. The van der Waals surface area contributed by atoms with E-state index in [2.05, 4.69) is 13.8 Å². The number of benzene rings is 1. The molecule has 3 rings (SSSR count). The van der Waals surface area contributed by atoms with Crippen molar-refractivity contribution in [2.75, 3.05) is 7.11 Å². The molecule has 1 aliphatic rings. The van der Waals surface area contributed by atoms with E-state index < -0.39 is 0 Å². The molecular weight excluding hydrogens is 266 g/mol. The molecule has 0 bridgehead atoms. The molecule has 0 aliphatic heterocycles. The normalized spacial score (nSPS) is 24.6. The fourth-order valence-electron chi connectivity index (χ4n) is 3.41. The van der Waals surface area contributed by atoms with Crippen molar-refractivity contribution in [1.82, 2.24) is 9.78 Å². The van der Waals surface area contributed by atoms with Crippen LogP contribution in [-0.4, -0.2) is 28.0 Å². The van der Waals surface area contributed by atoms with E-state index in [9.17, 15) is 5.11 Å². The third kappa shape index (κ3) is 2.12. The summed E-state index contributed by atoms with van der Waals surface area (Å²) in [5, 5.41) is 15.4. The van der Waals surface area contributed by atoms with Crippen molar-refractivity contribution >= 4 is 10.9 Å². The number of ether oxygens (including phenoxy) is 1. The van der Waals surface area contributed by atoms with Crippen molar-refractivity contribution in [3.8, 4) is 5.75 Å². The minimum atomic E-state index is -0.0483. The SMILES string of the molecule is COc1cccc2c(CO)n(C3CCC(C)(C)C3N)nc12. The van der Waals surface area contributed by atoms with Crippen molar-refractivity contribution in [2.24, 2.45) is 11.1 Å². The lowest BCUT2D eigenvalue weighted by atomic mass is 9.87. The minimum absolute atomic E-state index is 0.0307. The molecule has 0 spiro atoms. The van der Waals surface area contributed by atoms with Gasteiger partial charge in [0, 0.05) is 11.4 Å². The van der Waals surface area contributed by atoms with Crippen LogP contribution in [0, 0.1) is 5.41 Å². The van der Waals surface area contributed by atoms with E-state index in [-0.39, 0.29) is 24.1 Å². The quantitative estimate of drug-likeness (QED) is 0.908. The molecule has 21 heavy (non-hydrogen) atoms. The van der Waals surface area contributed by atoms with Gasteiger partial charge in [-0.3, -0.25) is 4.68 Å². The van der Waals surface area contributed by atoms with E-state index in [1.54, 1.807) is 7.11 Å². The first kappa shape index (κ1) is 14.4. The van der Waals surface area contributed by atoms with Crippen LogP contribution in [0.1, 0.15) is 38.4 Å². The van der Waals surface area contributed by atoms with E-state index in [0.717, 1.165) is 35.2 Å². The molecule has 1 aromatic heterocycles. The van der Waals surface area contributed by atoms with Crippen LogP contribution in [0.4, 0.5) is 0 Å². The Bertz CT molecular complexity index is 663. The highest BCUT2D eigenvalue weighted by atomic mass is 16.5. The summed E-state index contributed by atoms with van der Waals surface area (Å²) in [6, 6.07) is 5.94. The lowest BCUT2D eigenvalue weighted by molar-refractivity contribution is 0.248. The van der Waals surface area contributed by atoms with Crippen LogP contribution < -0.4 is 10.5 Å². The van der Waals surface area contributed by atoms with Gasteiger partial charge >= 0.3 is 0 Å². The summed E-state index contributed by atoms with van der Waals surface area (Å²) in [6.45, 7) is 4.34. The Morgan fingerprint density at radius 2 is 2.24 bits per heavy atom. The summed E-state index contributed by atoms with van der Waals surface area (Å²) < 4.78 is 7.31. The molecule has 0 amide bonds. The number of fused-ring (bicyclic) bond motifs is 1. The number of rotatable bonds is 3. The zero-order valence-electron chi connectivity index (χ0n) is 12.8. The first-order valence-electron chi connectivity index (χ1n) is 7.40. The van der Waals surface area contributed by atoms with Gasteiger partial charge in [-0.25, -0.2) is 0 Å². The second kappa shape index (κ2) is 5.00. The van der Waals surface area contributed by atoms with Crippen molar-refractivity contribution in [1.29, 1.82) is 0 Å². The summed E-state index contributed by atoms with van der Waals surface area (Å²) in [5.41, 5.74) is 8.14. The van der Waals surface area contributed by atoms with Crippen LogP contribution in [0.25, 0.3) is 10.9 Å². The average Bonchev–Trinajstić information content (AvgIpc) is 2.96. The maximum Gasteiger partial charge on any atom is 0.146 e. The predicted molar refractivity (Wildman–Crippen MR) is 82.2 cm³/mol. The van der Waals surface area contributed by atoms with Crippen LogP contribution in [0.15, 0.2) is 18.2 Å². The van der Waals surface area contributed by atoms with E-state index in [0.29, 0.717) is 0 Å². The van der Waals surface area contributed by atoms with E-state index in [1.165, 1.54) is 0 Å². The summed E-state index contributed by atoms with van der Waals surface area (Å²) in [6.07, 6.45) is 2.05. The molecule has 2 aromatic rings. The second-order valence-electron chi connectivity index (χ2n) is 6.53. The first-order chi connectivity index (χ1) is 9.99. The Morgan fingerprint density at radius 3 is 2.81 bits per heavy atom. The first-order valence-corrected chi connectivity index (χ1v) is 7.40. The number of aromatic nitrogens is 2. The molecule has 0 radical (unpaired) electrons. The summed E-state index contributed by atoms with van der Waals surface area (Å²) >= 11 is 0. The highest BCUT2D eigenvalue weighted by Gasteiger charge is 2.41. The minimum Gasteiger partial charge on any atom is -0.494 e. The number of hydrogen-bond donors (Lipinski definition) is 2. The number of aliphatic hydroxyl groups is 1. The highest BCUT2D eigenvalue weighted by Crippen LogP contribution is 2.43. The second-order valence-corrected chi connectivity index (χ2v) is 6.53. The highest BCUT2D eigenvalue weighted by molar-refractivity contribution is 5.87. The third-order valence-electron chi connectivity index (χ3n) is 4.88.